The van der Waals surface area contributed by atoms with E-state index in [0.717, 1.165) is 6.42 Å². The first-order valence-corrected chi connectivity index (χ1v) is 4.76. The van der Waals surface area contributed by atoms with E-state index in [-0.39, 0.29) is 12.2 Å². The van der Waals surface area contributed by atoms with Crippen LogP contribution in [0.15, 0.2) is 18.2 Å². The van der Waals surface area contributed by atoms with Crippen LogP contribution < -0.4 is 4.74 Å². The Kier molecular flexibility index (Phi) is 4.09. The summed E-state index contributed by atoms with van der Waals surface area (Å²) < 4.78 is 18.4. The summed E-state index contributed by atoms with van der Waals surface area (Å²) >= 11 is 0. The Labute approximate surface area is 87.5 Å². The molecule has 0 aliphatic carbocycles. The summed E-state index contributed by atoms with van der Waals surface area (Å²) in [6.07, 6.45) is 0.626. The van der Waals surface area contributed by atoms with E-state index >= 15 is 0 Å². The van der Waals surface area contributed by atoms with Gasteiger partial charge in [0.15, 0.2) is 11.6 Å². The average molecular weight is 212 g/mol. The average Bonchev–Trinajstić information content (AvgIpc) is 2.15. The van der Waals surface area contributed by atoms with Crippen LogP contribution >= 0.6 is 0 Å². The fraction of sp³-hybridized carbons (Fsp3) is 0.364. The van der Waals surface area contributed by atoms with Crippen LogP contribution in [0.2, 0.25) is 0 Å². The number of hydrogen-bond acceptors (Lipinski definition) is 2. The van der Waals surface area contributed by atoms with Gasteiger partial charge in [-0.05, 0) is 24.1 Å². The quantitative estimate of drug-likeness (QED) is 0.814. The summed E-state index contributed by atoms with van der Waals surface area (Å²) in [6.45, 7) is 2.38. The van der Waals surface area contributed by atoms with Crippen LogP contribution in [-0.2, 0) is 11.2 Å². The van der Waals surface area contributed by atoms with E-state index in [4.69, 9.17) is 9.84 Å². The lowest BCUT2D eigenvalue weighted by Gasteiger charge is -2.06. The Bertz CT molecular complexity index is 350. The predicted molar refractivity (Wildman–Crippen MR) is 53.5 cm³/mol. The van der Waals surface area contributed by atoms with Gasteiger partial charge in [-0.2, -0.15) is 0 Å². The molecule has 15 heavy (non-hydrogen) atoms. The molecule has 0 amide bonds. The minimum Gasteiger partial charge on any atom is -0.491 e. The smallest absolute Gasteiger partial charge is 0.307 e. The lowest BCUT2D eigenvalue weighted by atomic mass is 10.1. The van der Waals surface area contributed by atoms with Crippen LogP contribution in [0.3, 0.4) is 0 Å². The second kappa shape index (κ2) is 5.34. The van der Waals surface area contributed by atoms with Gasteiger partial charge in [0.2, 0.25) is 0 Å². The molecule has 0 saturated carbocycles. The molecule has 0 radical (unpaired) electrons. The molecule has 4 heteroatoms. The minimum absolute atomic E-state index is 0.172. The maximum absolute atomic E-state index is 13.3. The van der Waals surface area contributed by atoms with Gasteiger partial charge in [0.25, 0.3) is 0 Å². The van der Waals surface area contributed by atoms with Gasteiger partial charge in [-0.3, -0.25) is 4.79 Å². The maximum atomic E-state index is 13.3. The van der Waals surface area contributed by atoms with Gasteiger partial charge in [0.05, 0.1) is 13.0 Å². The van der Waals surface area contributed by atoms with Crippen molar-refractivity contribution in [2.45, 2.75) is 19.8 Å². The highest BCUT2D eigenvalue weighted by atomic mass is 19.1. The van der Waals surface area contributed by atoms with Gasteiger partial charge in [0.1, 0.15) is 0 Å². The molecule has 1 aromatic rings. The molecule has 0 heterocycles. The normalized spacial score (nSPS) is 10.0. The molecular weight excluding hydrogens is 199 g/mol. The number of rotatable bonds is 5. The standard InChI is InChI=1S/C11H13FO3/c1-2-5-15-10-4-3-8(6-9(10)12)7-11(13)14/h3-4,6H,2,5,7H2,1H3,(H,13,14). The Balaban J connectivity index is 2.74. The van der Waals surface area contributed by atoms with Gasteiger partial charge >= 0.3 is 5.97 Å². The van der Waals surface area contributed by atoms with Crippen LogP contribution in [0, 0.1) is 5.82 Å². The summed E-state index contributed by atoms with van der Waals surface area (Å²) in [4.78, 5) is 10.4. The summed E-state index contributed by atoms with van der Waals surface area (Å²) in [6, 6.07) is 4.21. The number of hydrogen-bond donors (Lipinski definition) is 1. The maximum Gasteiger partial charge on any atom is 0.307 e. The zero-order chi connectivity index (χ0) is 11.3. The van der Waals surface area contributed by atoms with E-state index in [1.54, 1.807) is 6.07 Å². The SMILES string of the molecule is CCCOc1ccc(CC(=O)O)cc1F. The summed E-state index contributed by atoms with van der Waals surface area (Å²) in [5.41, 5.74) is 0.434. The van der Waals surface area contributed by atoms with Crippen LogP contribution in [0.1, 0.15) is 18.9 Å². The molecule has 1 rings (SSSR count). The number of ether oxygens (including phenoxy) is 1. The van der Waals surface area contributed by atoms with Crippen molar-refractivity contribution in [3.05, 3.63) is 29.6 Å². The highest BCUT2D eigenvalue weighted by molar-refractivity contribution is 5.70. The number of carboxylic acids is 1. The third kappa shape index (κ3) is 3.58. The molecule has 82 valence electrons. The molecule has 0 aromatic heterocycles. The van der Waals surface area contributed by atoms with E-state index in [9.17, 15) is 9.18 Å². The fourth-order valence-electron chi connectivity index (χ4n) is 1.16. The Morgan fingerprint density at radius 2 is 2.27 bits per heavy atom. The lowest BCUT2D eigenvalue weighted by molar-refractivity contribution is -0.136. The largest absolute Gasteiger partial charge is 0.491 e. The van der Waals surface area contributed by atoms with Crippen molar-refractivity contribution in [3.63, 3.8) is 0 Å². The van der Waals surface area contributed by atoms with Gasteiger partial charge in [-0.15, -0.1) is 0 Å². The van der Waals surface area contributed by atoms with E-state index in [0.29, 0.717) is 12.2 Å². The number of benzene rings is 1. The lowest BCUT2D eigenvalue weighted by Crippen LogP contribution is -2.02. The van der Waals surface area contributed by atoms with Gasteiger partial charge in [-0.25, -0.2) is 4.39 Å². The van der Waals surface area contributed by atoms with Crippen molar-refractivity contribution < 1.29 is 19.0 Å². The number of carboxylic acid groups (broad SMARTS) is 1. The van der Waals surface area contributed by atoms with Gasteiger partial charge in [0, 0.05) is 0 Å². The molecule has 3 nitrogen and oxygen atoms in total. The molecule has 0 aliphatic rings. The summed E-state index contributed by atoms with van der Waals surface area (Å²) in [7, 11) is 0. The van der Waals surface area contributed by atoms with Crippen molar-refractivity contribution >= 4 is 5.97 Å². The van der Waals surface area contributed by atoms with Crippen LogP contribution in [0.4, 0.5) is 4.39 Å². The monoisotopic (exact) mass is 212 g/mol. The van der Waals surface area contributed by atoms with E-state index < -0.39 is 11.8 Å². The number of halogens is 1. The van der Waals surface area contributed by atoms with Gasteiger partial charge < -0.3 is 9.84 Å². The summed E-state index contributed by atoms with van der Waals surface area (Å²) in [5, 5.41) is 8.51. The van der Waals surface area contributed by atoms with Crippen molar-refractivity contribution in [1.82, 2.24) is 0 Å². The molecule has 0 aliphatic heterocycles. The molecule has 1 aromatic carbocycles. The molecule has 0 saturated heterocycles. The third-order valence-electron chi connectivity index (χ3n) is 1.81. The molecule has 1 N–H and O–H groups in total. The van der Waals surface area contributed by atoms with Crippen LogP contribution in [0.5, 0.6) is 5.75 Å². The topological polar surface area (TPSA) is 46.5 Å². The highest BCUT2D eigenvalue weighted by Crippen LogP contribution is 2.18. The molecular formula is C11H13FO3. The zero-order valence-corrected chi connectivity index (χ0v) is 8.50. The first-order chi connectivity index (χ1) is 7.13. The molecule has 0 spiro atoms. The Morgan fingerprint density at radius 1 is 1.53 bits per heavy atom. The highest BCUT2D eigenvalue weighted by Gasteiger charge is 2.06. The Hall–Kier alpha value is -1.58. The first-order valence-electron chi connectivity index (χ1n) is 4.76. The summed E-state index contributed by atoms with van der Waals surface area (Å²) in [5.74, 6) is -1.31. The second-order valence-corrected chi connectivity index (χ2v) is 3.18. The van der Waals surface area contributed by atoms with Crippen molar-refractivity contribution in [1.29, 1.82) is 0 Å². The van der Waals surface area contributed by atoms with Crippen LogP contribution in [0.25, 0.3) is 0 Å². The molecule has 0 atom stereocenters. The second-order valence-electron chi connectivity index (χ2n) is 3.18. The minimum atomic E-state index is -0.975. The third-order valence-corrected chi connectivity index (χ3v) is 1.81. The van der Waals surface area contributed by atoms with E-state index in [1.165, 1.54) is 12.1 Å². The van der Waals surface area contributed by atoms with Crippen molar-refractivity contribution in [2.24, 2.45) is 0 Å². The molecule has 0 fully saturated rings. The predicted octanol–water partition coefficient (Wildman–Crippen LogP) is 2.24. The fourth-order valence-corrected chi connectivity index (χ4v) is 1.16. The zero-order valence-electron chi connectivity index (χ0n) is 8.50. The Morgan fingerprint density at radius 3 is 2.80 bits per heavy atom. The van der Waals surface area contributed by atoms with Crippen molar-refractivity contribution in [2.75, 3.05) is 6.61 Å². The first kappa shape index (κ1) is 11.5. The molecule has 0 unspecified atom stereocenters. The van der Waals surface area contributed by atoms with Gasteiger partial charge in [-0.1, -0.05) is 13.0 Å². The van der Waals surface area contributed by atoms with Crippen molar-refractivity contribution in [3.8, 4) is 5.75 Å². The molecule has 0 bridgehead atoms. The van der Waals surface area contributed by atoms with Crippen LogP contribution in [-0.4, -0.2) is 17.7 Å². The number of aliphatic carboxylic acids is 1. The van der Waals surface area contributed by atoms with E-state index in [2.05, 4.69) is 0 Å². The van der Waals surface area contributed by atoms with E-state index in [1.807, 2.05) is 6.92 Å². The number of carbonyl (C=O) groups is 1.